The maximum atomic E-state index is 11.2. The number of aromatic carboxylic acids is 1. The molecule has 0 amide bonds. The Kier molecular flexibility index (Phi) is 4.91. The Morgan fingerprint density at radius 3 is 2.65 bits per heavy atom. The fraction of sp³-hybridized carbons (Fsp3) is 0.0714. The summed E-state index contributed by atoms with van der Waals surface area (Å²) in [5.41, 5.74) is 0.774. The van der Waals surface area contributed by atoms with Crippen LogP contribution >= 0.6 is 39.1 Å². The van der Waals surface area contributed by atoms with Gasteiger partial charge in [-0.05, 0) is 36.4 Å². The zero-order chi connectivity index (χ0) is 14.7. The first-order chi connectivity index (χ1) is 9.47. The number of hydrogen-bond donors (Lipinski definition) is 1. The predicted octanol–water partition coefficient (Wildman–Crippen LogP) is 5.03. The Morgan fingerprint density at radius 1 is 1.20 bits per heavy atom. The summed E-state index contributed by atoms with van der Waals surface area (Å²) in [7, 11) is 0. The van der Waals surface area contributed by atoms with Gasteiger partial charge in [-0.15, -0.1) is 0 Å². The lowest BCUT2D eigenvalue weighted by molar-refractivity contribution is 0.0691. The third-order valence-electron chi connectivity index (χ3n) is 2.56. The maximum Gasteiger partial charge on any atom is 0.339 e. The number of carbonyl (C=O) groups is 1. The molecule has 0 aliphatic carbocycles. The molecule has 0 aliphatic rings. The SMILES string of the molecule is O=C(O)c1cc(Br)ccc1OCc1cc(Cl)ccc1Cl. The van der Waals surface area contributed by atoms with Gasteiger partial charge in [0.15, 0.2) is 0 Å². The van der Waals surface area contributed by atoms with Gasteiger partial charge in [-0.25, -0.2) is 4.79 Å². The van der Waals surface area contributed by atoms with Crippen LogP contribution in [0.2, 0.25) is 10.0 Å². The van der Waals surface area contributed by atoms with Crippen LogP contribution in [0.15, 0.2) is 40.9 Å². The second-order valence-corrected chi connectivity index (χ2v) is 5.73. The van der Waals surface area contributed by atoms with E-state index in [0.29, 0.717) is 20.1 Å². The molecule has 2 rings (SSSR count). The number of hydrogen-bond acceptors (Lipinski definition) is 2. The summed E-state index contributed by atoms with van der Waals surface area (Å²) in [4.78, 5) is 11.2. The van der Waals surface area contributed by atoms with Crippen molar-refractivity contribution in [2.24, 2.45) is 0 Å². The molecule has 0 saturated heterocycles. The molecular weight excluding hydrogens is 367 g/mol. The van der Waals surface area contributed by atoms with Crippen molar-refractivity contribution in [2.75, 3.05) is 0 Å². The first-order valence-electron chi connectivity index (χ1n) is 5.57. The van der Waals surface area contributed by atoms with Gasteiger partial charge in [-0.2, -0.15) is 0 Å². The van der Waals surface area contributed by atoms with Crippen LogP contribution in [0.4, 0.5) is 0 Å². The van der Waals surface area contributed by atoms with Crippen molar-refractivity contribution in [1.29, 1.82) is 0 Å². The van der Waals surface area contributed by atoms with Gasteiger partial charge in [0.2, 0.25) is 0 Å². The first-order valence-corrected chi connectivity index (χ1v) is 7.12. The number of halogens is 3. The Hall–Kier alpha value is -1.23. The van der Waals surface area contributed by atoms with Gasteiger partial charge in [0, 0.05) is 20.1 Å². The average Bonchev–Trinajstić information content (AvgIpc) is 2.40. The molecule has 2 aromatic carbocycles. The van der Waals surface area contributed by atoms with E-state index in [1.165, 1.54) is 6.07 Å². The van der Waals surface area contributed by atoms with Gasteiger partial charge >= 0.3 is 5.97 Å². The van der Waals surface area contributed by atoms with Crippen molar-refractivity contribution >= 4 is 45.1 Å². The Labute approximate surface area is 134 Å². The number of ether oxygens (including phenoxy) is 1. The molecule has 0 atom stereocenters. The largest absolute Gasteiger partial charge is 0.488 e. The second kappa shape index (κ2) is 6.48. The second-order valence-electron chi connectivity index (χ2n) is 3.97. The molecule has 2 aromatic rings. The third kappa shape index (κ3) is 3.66. The van der Waals surface area contributed by atoms with Crippen molar-refractivity contribution in [3.8, 4) is 5.75 Å². The smallest absolute Gasteiger partial charge is 0.339 e. The highest BCUT2D eigenvalue weighted by molar-refractivity contribution is 9.10. The topological polar surface area (TPSA) is 46.5 Å². The van der Waals surface area contributed by atoms with Gasteiger partial charge in [0.25, 0.3) is 0 Å². The van der Waals surface area contributed by atoms with Crippen molar-refractivity contribution in [3.05, 3.63) is 62.0 Å². The summed E-state index contributed by atoms with van der Waals surface area (Å²) < 4.78 is 6.20. The first kappa shape index (κ1) is 15.2. The maximum absolute atomic E-state index is 11.2. The van der Waals surface area contributed by atoms with Crippen molar-refractivity contribution in [3.63, 3.8) is 0 Å². The van der Waals surface area contributed by atoms with E-state index in [4.69, 9.17) is 33.0 Å². The number of rotatable bonds is 4. The zero-order valence-electron chi connectivity index (χ0n) is 10.1. The molecule has 20 heavy (non-hydrogen) atoms. The molecule has 104 valence electrons. The Morgan fingerprint density at radius 2 is 1.95 bits per heavy atom. The number of carboxylic acids is 1. The molecule has 0 unspecified atom stereocenters. The molecule has 0 aliphatic heterocycles. The molecule has 0 fully saturated rings. The van der Waals surface area contributed by atoms with Gasteiger partial charge in [-0.3, -0.25) is 0 Å². The highest BCUT2D eigenvalue weighted by Crippen LogP contribution is 2.26. The molecule has 6 heteroatoms. The van der Waals surface area contributed by atoms with E-state index in [1.54, 1.807) is 30.3 Å². The number of carboxylic acid groups (broad SMARTS) is 1. The molecule has 3 nitrogen and oxygen atoms in total. The molecule has 0 aromatic heterocycles. The van der Waals surface area contributed by atoms with Crippen molar-refractivity contribution in [2.45, 2.75) is 6.61 Å². The standard InChI is InChI=1S/C14H9BrCl2O3/c15-9-1-4-13(11(6-9)14(18)19)20-7-8-5-10(16)2-3-12(8)17/h1-6H,7H2,(H,18,19). The minimum absolute atomic E-state index is 0.0810. The third-order valence-corrected chi connectivity index (χ3v) is 3.66. The van der Waals surface area contributed by atoms with E-state index >= 15 is 0 Å². The van der Waals surface area contributed by atoms with E-state index in [2.05, 4.69) is 15.9 Å². The molecule has 0 spiro atoms. The minimum atomic E-state index is -1.06. The molecule has 0 radical (unpaired) electrons. The van der Waals surface area contributed by atoms with Gasteiger partial charge in [0.1, 0.15) is 17.9 Å². The average molecular weight is 376 g/mol. The summed E-state index contributed by atoms with van der Waals surface area (Å²) in [6, 6.07) is 9.81. The summed E-state index contributed by atoms with van der Waals surface area (Å²) in [6.45, 7) is 0.140. The summed E-state index contributed by atoms with van der Waals surface area (Å²) in [5, 5.41) is 10.2. The lowest BCUT2D eigenvalue weighted by Gasteiger charge is -2.11. The van der Waals surface area contributed by atoms with Crippen molar-refractivity contribution < 1.29 is 14.6 Å². The lowest BCUT2D eigenvalue weighted by Crippen LogP contribution is -2.03. The van der Waals surface area contributed by atoms with Crippen LogP contribution in [0.1, 0.15) is 15.9 Å². The van der Waals surface area contributed by atoms with Crippen molar-refractivity contribution in [1.82, 2.24) is 0 Å². The Balaban J connectivity index is 2.23. The molecule has 0 saturated carbocycles. The minimum Gasteiger partial charge on any atom is -0.488 e. The van der Waals surface area contributed by atoms with E-state index in [9.17, 15) is 4.79 Å². The highest BCUT2D eigenvalue weighted by Gasteiger charge is 2.12. The van der Waals surface area contributed by atoms with Crippen LogP contribution in [-0.2, 0) is 6.61 Å². The van der Waals surface area contributed by atoms with Crippen LogP contribution in [0, 0.1) is 0 Å². The molecular formula is C14H9BrCl2O3. The fourth-order valence-corrected chi connectivity index (χ4v) is 2.33. The van der Waals surface area contributed by atoms with Gasteiger partial charge < -0.3 is 9.84 Å². The molecule has 0 bridgehead atoms. The summed E-state index contributed by atoms with van der Waals surface area (Å²) in [6.07, 6.45) is 0. The summed E-state index contributed by atoms with van der Waals surface area (Å²) >= 11 is 15.1. The lowest BCUT2D eigenvalue weighted by atomic mass is 10.2. The molecule has 1 N–H and O–H groups in total. The van der Waals surface area contributed by atoms with E-state index in [0.717, 1.165) is 0 Å². The fourth-order valence-electron chi connectivity index (χ4n) is 1.60. The van der Waals surface area contributed by atoms with E-state index in [-0.39, 0.29) is 17.9 Å². The highest BCUT2D eigenvalue weighted by atomic mass is 79.9. The van der Waals surface area contributed by atoms with E-state index in [1.807, 2.05) is 0 Å². The quantitative estimate of drug-likeness (QED) is 0.814. The van der Waals surface area contributed by atoms with Crippen LogP contribution in [0.25, 0.3) is 0 Å². The Bertz CT molecular complexity index is 659. The van der Waals surface area contributed by atoms with Crippen LogP contribution in [-0.4, -0.2) is 11.1 Å². The van der Waals surface area contributed by atoms with Crippen LogP contribution < -0.4 is 4.74 Å². The summed E-state index contributed by atoms with van der Waals surface area (Å²) in [5.74, 6) is -0.782. The van der Waals surface area contributed by atoms with Crippen LogP contribution in [0.3, 0.4) is 0 Å². The van der Waals surface area contributed by atoms with Gasteiger partial charge in [-0.1, -0.05) is 39.1 Å². The monoisotopic (exact) mass is 374 g/mol. The molecule has 0 heterocycles. The van der Waals surface area contributed by atoms with E-state index < -0.39 is 5.97 Å². The number of benzene rings is 2. The normalized spacial score (nSPS) is 10.3. The predicted molar refractivity (Wildman–Crippen MR) is 81.9 cm³/mol. The van der Waals surface area contributed by atoms with Crippen LogP contribution in [0.5, 0.6) is 5.75 Å². The zero-order valence-corrected chi connectivity index (χ0v) is 13.2. The van der Waals surface area contributed by atoms with Gasteiger partial charge in [0.05, 0.1) is 0 Å².